The van der Waals surface area contributed by atoms with E-state index >= 15 is 0 Å². The summed E-state index contributed by atoms with van der Waals surface area (Å²) in [6, 6.07) is 10.4. The zero-order valence-electron chi connectivity index (χ0n) is 13.5. The summed E-state index contributed by atoms with van der Waals surface area (Å²) in [6.45, 7) is 1.28. The molecule has 0 saturated carbocycles. The van der Waals surface area contributed by atoms with Gasteiger partial charge in [-0.3, -0.25) is 4.79 Å². The fourth-order valence-corrected chi connectivity index (χ4v) is 2.88. The number of benzene rings is 1. The Labute approximate surface area is 147 Å². The van der Waals surface area contributed by atoms with Crippen molar-refractivity contribution >= 4 is 23.1 Å². The van der Waals surface area contributed by atoms with Gasteiger partial charge in [-0.25, -0.2) is 4.79 Å². The molecule has 8 heteroatoms. The molecule has 0 amide bonds. The molecule has 0 N–H and O–H groups in total. The van der Waals surface area contributed by atoms with Gasteiger partial charge in [0.05, 0.1) is 17.6 Å². The number of ketones is 1. The van der Waals surface area contributed by atoms with Crippen LogP contribution < -0.4 is 4.74 Å². The van der Waals surface area contributed by atoms with E-state index in [2.05, 4.69) is 10.1 Å². The van der Waals surface area contributed by atoms with Crippen molar-refractivity contribution in [3.8, 4) is 17.1 Å². The molecular formula is C17H14N2O5S. The van der Waals surface area contributed by atoms with Crippen LogP contribution in [0.4, 0.5) is 0 Å². The minimum absolute atomic E-state index is 0.0950. The molecule has 0 aliphatic rings. The Kier molecular flexibility index (Phi) is 4.90. The van der Waals surface area contributed by atoms with Gasteiger partial charge in [0.1, 0.15) is 10.6 Å². The summed E-state index contributed by atoms with van der Waals surface area (Å²) in [6.07, 6.45) is 0. The third-order valence-electron chi connectivity index (χ3n) is 3.30. The Hall–Kier alpha value is -3.00. The number of methoxy groups -OCH3 is 1. The molecule has 0 aliphatic heterocycles. The van der Waals surface area contributed by atoms with E-state index in [-0.39, 0.29) is 18.3 Å². The van der Waals surface area contributed by atoms with Crippen LogP contribution in [0.15, 0.2) is 40.9 Å². The number of hydrogen-bond acceptors (Lipinski definition) is 8. The van der Waals surface area contributed by atoms with E-state index in [0.717, 1.165) is 11.3 Å². The summed E-state index contributed by atoms with van der Waals surface area (Å²) in [7, 11) is 1.55. The fraction of sp³-hybridized carbons (Fsp3) is 0.176. The number of Topliss-reactive ketones (excluding diaryl/α,β-unsaturated/α-hetero) is 1. The van der Waals surface area contributed by atoms with Gasteiger partial charge in [-0.15, -0.1) is 11.3 Å². The van der Waals surface area contributed by atoms with Crippen molar-refractivity contribution in [3.63, 3.8) is 0 Å². The molecule has 1 aromatic carbocycles. The minimum atomic E-state index is -0.547. The highest BCUT2D eigenvalue weighted by Gasteiger charge is 2.16. The minimum Gasteiger partial charge on any atom is -0.496 e. The standard InChI is InChI=1S/C17H14N2O5S/c1-10(20)13-7-8-14(25-13)17(21)23-9-15-18-16(19-24-15)11-5-3-4-6-12(11)22-2/h3-8H,9H2,1-2H3. The summed E-state index contributed by atoms with van der Waals surface area (Å²) < 4.78 is 15.5. The van der Waals surface area contributed by atoms with E-state index in [4.69, 9.17) is 14.0 Å². The number of thiophene rings is 1. The molecule has 0 aliphatic carbocycles. The second-order valence-electron chi connectivity index (χ2n) is 5.01. The van der Waals surface area contributed by atoms with Gasteiger partial charge in [0.2, 0.25) is 5.82 Å². The van der Waals surface area contributed by atoms with Crippen LogP contribution in [0.2, 0.25) is 0 Å². The van der Waals surface area contributed by atoms with Gasteiger partial charge in [-0.1, -0.05) is 17.3 Å². The lowest BCUT2D eigenvalue weighted by molar-refractivity contribution is 0.0435. The van der Waals surface area contributed by atoms with Crippen LogP contribution in [0.3, 0.4) is 0 Å². The summed E-state index contributed by atoms with van der Waals surface area (Å²) >= 11 is 1.08. The molecule has 3 rings (SSSR count). The zero-order chi connectivity index (χ0) is 17.8. The van der Waals surface area contributed by atoms with Gasteiger partial charge in [-0.2, -0.15) is 4.98 Å². The Morgan fingerprint density at radius 2 is 1.92 bits per heavy atom. The molecule has 0 spiro atoms. The van der Waals surface area contributed by atoms with Crippen LogP contribution in [0, 0.1) is 0 Å². The van der Waals surface area contributed by atoms with Crippen LogP contribution in [-0.4, -0.2) is 29.0 Å². The van der Waals surface area contributed by atoms with Crippen molar-refractivity contribution in [1.29, 1.82) is 0 Å². The van der Waals surface area contributed by atoms with Gasteiger partial charge >= 0.3 is 5.97 Å². The number of ether oxygens (including phenoxy) is 2. The number of aromatic nitrogens is 2. The topological polar surface area (TPSA) is 91.5 Å². The number of esters is 1. The molecule has 0 fully saturated rings. The molecule has 0 atom stereocenters. The number of carbonyl (C=O) groups excluding carboxylic acids is 2. The molecule has 2 aromatic heterocycles. The normalized spacial score (nSPS) is 10.5. The average Bonchev–Trinajstić information content (AvgIpc) is 3.29. The predicted octanol–water partition coefficient (Wildman–Crippen LogP) is 3.37. The first-order chi connectivity index (χ1) is 12.1. The largest absolute Gasteiger partial charge is 0.496 e. The highest BCUT2D eigenvalue weighted by molar-refractivity contribution is 7.15. The van der Waals surface area contributed by atoms with Crippen molar-refractivity contribution < 1.29 is 23.6 Å². The van der Waals surface area contributed by atoms with Gasteiger partial charge < -0.3 is 14.0 Å². The molecule has 2 heterocycles. The predicted molar refractivity (Wildman–Crippen MR) is 89.7 cm³/mol. The second-order valence-corrected chi connectivity index (χ2v) is 6.09. The maximum atomic E-state index is 12.0. The van der Waals surface area contributed by atoms with E-state index in [1.165, 1.54) is 6.92 Å². The summed E-state index contributed by atoms with van der Waals surface area (Å²) in [5, 5.41) is 3.87. The zero-order valence-corrected chi connectivity index (χ0v) is 14.3. The van der Waals surface area contributed by atoms with Gasteiger partial charge in [0.25, 0.3) is 5.89 Å². The quantitative estimate of drug-likeness (QED) is 0.493. The number of nitrogens with zero attached hydrogens (tertiary/aromatic N) is 2. The molecule has 0 saturated heterocycles. The Morgan fingerprint density at radius 3 is 2.64 bits per heavy atom. The van der Waals surface area contributed by atoms with Crippen LogP contribution in [-0.2, 0) is 11.3 Å². The fourth-order valence-electron chi connectivity index (χ4n) is 2.09. The Balaban J connectivity index is 1.67. The van der Waals surface area contributed by atoms with E-state index in [9.17, 15) is 9.59 Å². The highest BCUT2D eigenvalue weighted by atomic mass is 32.1. The lowest BCUT2D eigenvalue weighted by Crippen LogP contribution is -2.03. The van der Waals surface area contributed by atoms with E-state index < -0.39 is 5.97 Å². The number of para-hydroxylation sites is 1. The molecular weight excluding hydrogens is 344 g/mol. The van der Waals surface area contributed by atoms with Crippen molar-refractivity contribution in [1.82, 2.24) is 10.1 Å². The third kappa shape index (κ3) is 3.74. The Morgan fingerprint density at radius 1 is 1.16 bits per heavy atom. The second kappa shape index (κ2) is 7.27. The van der Waals surface area contributed by atoms with Crippen molar-refractivity contribution in [2.24, 2.45) is 0 Å². The van der Waals surface area contributed by atoms with Crippen LogP contribution in [0.1, 0.15) is 32.2 Å². The van der Waals surface area contributed by atoms with Gasteiger partial charge in [0, 0.05) is 0 Å². The molecule has 128 valence electrons. The van der Waals surface area contributed by atoms with Crippen LogP contribution in [0.5, 0.6) is 5.75 Å². The number of rotatable bonds is 6. The molecule has 3 aromatic rings. The summed E-state index contributed by atoms with van der Waals surface area (Å²) in [5.41, 5.74) is 0.677. The van der Waals surface area contributed by atoms with Crippen LogP contribution in [0.25, 0.3) is 11.4 Å². The number of carbonyl (C=O) groups is 2. The first-order valence-electron chi connectivity index (χ1n) is 7.32. The van der Waals surface area contributed by atoms with Crippen LogP contribution >= 0.6 is 11.3 Å². The monoisotopic (exact) mass is 358 g/mol. The maximum absolute atomic E-state index is 12.0. The SMILES string of the molecule is COc1ccccc1-c1noc(COC(=O)c2ccc(C(C)=O)s2)n1. The third-order valence-corrected chi connectivity index (χ3v) is 4.46. The molecule has 0 bridgehead atoms. The van der Waals surface area contributed by atoms with Crippen molar-refractivity contribution in [2.45, 2.75) is 13.5 Å². The molecule has 7 nitrogen and oxygen atoms in total. The van der Waals surface area contributed by atoms with E-state index in [1.54, 1.807) is 31.4 Å². The summed E-state index contributed by atoms with van der Waals surface area (Å²) in [4.78, 5) is 28.3. The van der Waals surface area contributed by atoms with Gasteiger partial charge in [0.15, 0.2) is 12.4 Å². The van der Waals surface area contributed by atoms with Gasteiger partial charge in [-0.05, 0) is 31.2 Å². The number of hydrogen-bond donors (Lipinski definition) is 0. The lowest BCUT2D eigenvalue weighted by atomic mass is 10.2. The Bertz CT molecular complexity index is 915. The molecule has 0 unspecified atom stereocenters. The first kappa shape index (κ1) is 16.8. The average molecular weight is 358 g/mol. The lowest BCUT2D eigenvalue weighted by Gasteiger charge is -2.03. The first-order valence-corrected chi connectivity index (χ1v) is 8.14. The summed E-state index contributed by atoms with van der Waals surface area (Å²) in [5.74, 6) is 0.482. The van der Waals surface area contributed by atoms with E-state index in [1.807, 2.05) is 12.1 Å². The van der Waals surface area contributed by atoms with E-state index in [0.29, 0.717) is 26.9 Å². The van der Waals surface area contributed by atoms with Crippen molar-refractivity contribution in [2.75, 3.05) is 7.11 Å². The highest BCUT2D eigenvalue weighted by Crippen LogP contribution is 2.27. The molecule has 0 radical (unpaired) electrons. The van der Waals surface area contributed by atoms with Crippen molar-refractivity contribution in [3.05, 3.63) is 52.0 Å². The molecule has 25 heavy (non-hydrogen) atoms. The maximum Gasteiger partial charge on any atom is 0.348 e. The smallest absolute Gasteiger partial charge is 0.348 e.